The van der Waals surface area contributed by atoms with Gasteiger partial charge in [0, 0.05) is 13.0 Å². The third-order valence-corrected chi connectivity index (χ3v) is 5.24. The van der Waals surface area contributed by atoms with Crippen LogP contribution in [-0.4, -0.2) is 40.3 Å². The normalized spacial score (nSPS) is 16.8. The molecule has 1 N–H and O–H groups in total. The van der Waals surface area contributed by atoms with Crippen LogP contribution in [0.3, 0.4) is 0 Å². The predicted octanol–water partition coefficient (Wildman–Crippen LogP) is 2.25. The second kappa shape index (κ2) is 7.25. The van der Waals surface area contributed by atoms with E-state index in [1.54, 1.807) is 48.5 Å². The number of rotatable bonds is 4. The zero-order valence-corrected chi connectivity index (χ0v) is 15.3. The summed E-state index contributed by atoms with van der Waals surface area (Å²) in [6.45, 7) is 0.153. The van der Waals surface area contributed by atoms with E-state index in [4.69, 9.17) is 9.47 Å². The summed E-state index contributed by atoms with van der Waals surface area (Å²) in [4.78, 5) is 12.7. The molecule has 1 aliphatic heterocycles. The van der Waals surface area contributed by atoms with Gasteiger partial charge in [0.05, 0.1) is 24.7 Å². The van der Waals surface area contributed by atoms with Crippen molar-refractivity contribution < 1.29 is 22.7 Å². The molecule has 1 aliphatic rings. The molecular weight excluding hydrogens is 356 g/mol. The molecule has 26 heavy (non-hydrogen) atoms. The SMILES string of the molecule is COc1ccccc1NC(=O)[C@@H]1CCN(S(C)(=O)=O)c2ccccc2O1. The summed E-state index contributed by atoms with van der Waals surface area (Å²) < 4.78 is 36.5. The number of para-hydroxylation sites is 4. The van der Waals surface area contributed by atoms with E-state index in [9.17, 15) is 13.2 Å². The van der Waals surface area contributed by atoms with Gasteiger partial charge >= 0.3 is 0 Å². The molecule has 0 bridgehead atoms. The summed E-state index contributed by atoms with van der Waals surface area (Å²) >= 11 is 0. The van der Waals surface area contributed by atoms with Gasteiger partial charge in [-0.15, -0.1) is 0 Å². The molecule has 8 heteroatoms. The van der Waals surface area contributed by atoms with Gasteiger partial charge < -0.3 is 14.8 Å². The number of hydrogen-bond donors (Lipinski definition) is 1. The van der Waals surface area contributed by atoms with Crippen LogP contribution in [0.1, 0.15) is 6.42 Å². The van der Waals surface area contributed by atoms with Crippen LogP contribution >= 0.6 is 0 Å². The van der Waals surface area contributed by atoms with Crippen LogP contribution < -0.4 is 19.1 Å². The number of carbonyl (C=O) groups excluding carboxylic acids is 1. The van der Waals surface area contributed by atoms with Gasteiger partial charge in [0.2, 0.25) is 10.0 Å². The zero-order chi connectivity index (χ0) is 18.7. The van der Waals surface area contributed by atoms with Gasteiger partial charge in [-0.2, -0.15) is 0 Å². The standard InChI is InChI=1S/C18H20N2O5S/c1-24-15-9-5-3-7-13(15)19-18(21)17-11-12-20(26(2,22)23)14-8-4-6-10-16(14)25-17/h3-10,17H,11-12H2,1-2H3,(H,19,21)/t17-/m0/s1. The number of nitrogens with zero attached hydrogens (tertiary/aromatic N) is 1. The second-order valence-corrected chi connectivity index (χ2v) is 7.79. The van der Waals surface area contributed by atoms with Crippen molar-refractivity contribution in [1.82, 2.24) is 0 Å². The van der Waals surface area contributed by atoms with Crippen LogP contribution in [0.2, 0.25) is 0 Å². The van der Waals surface area contributed by atoms with E-state index in [1.807, 2.05) is 0 Å². The monoisotopic (exact) mass is 376 g/mol. The molecule has 2 aromatic rings. The summed E-state index contributed by atoms with van der Waals surface area (Å²) in [6, 6.07) is 13.8. The number of sulfonamides is 1. The summed E-state index contributed by atoms with van der Waals surface area (Å²) in [5.74, 6) is 0.530. The van der Waals surface area contributed by atoms with Crippen molar-refractivity contribution >= 4 is 27.3 Å². The molecule has 0 saturated carbocycles. The first-order valence-corrected chi connectivity index (χ1v) is 9.92. The number of nitrogens with one attached hydrogen (secondary N) is 1. The van der Waals surface area contributed by atoms with Gasteiger partial charge in [-0.3, -0.25) is 9.10 Å². The smallest absolute Gasteiger partial charge is 0.265 e. The molecule has 2 aromatic carbocycles. The van der Waals surface area contributed by atoms with Crippen LogP contribution in [0, 0.1) is 0 Å². The Balaban J connectivity index is 1.86. The Hall–Kier alpha value is -2.74. The van der Waals surface area contributed by atoms with Crippen molar-refractivity contribution in [2.75, 3.05) is 29.5 Å². The van der Waals surface area contributed by atoms with Crippen LogP contribution in [0.5, 0.6) is 11.5 Å². The fourth-order valence-electron chi connectivity index (χ4n) is 2.82. The van der Waals surface area contributed by atoms with E-state index in [2.05, 4.69) is 5.32 Å². The maximum atomic E-state index is 12.7. The maximum absolute atomic E-state index is 12.7. The fraction of sp³-hybridized carbons (Fsp3) is 0.278. The molecule has 0 fully saturated rings. The highest BCUT2D eigenvalue weighted by Gasteiger charge is 2.31. The molecule has 1 atom stereocenters. The fourth-order valence-corrected chi connectivity index (χ4v) is 3.77. The Bertz CT molecular complexity index is 913. The molecule has 0 spiro atoms. The van der Waals surface area contributed by atoms with Crippen molar-refractivity contribution in [2.45, 2.75) is 12.5 Å². The zero-order valence-electron chi connectivity index (χ0n) is 14.5. The summed E-state index contributed by atoms with van der Waals surface area (Å²) in [5, 5.41) is 2.79. The van der Waals surface area contributed by atoms with E-state index in [1.165, 1.54) is 11.4 Å². The minimum atomic E-state index is -3.48. The molecule has 1 amide bonds. The summed E-state index contributed by atoms with van der Waals surface area (Å²) in [5.41, 5.74) is 0.962. The number of hydrogen-bond acceptors (Lipinski definition) is 5. The highest BCUT2D eigenvalue weighted by molar-refractivity contribution is 7.92. The molecule has 1 heterocycles. The number of amides is 1. The molecule has 0 saturated heterocycles. The molecule has 0 aliphatic carbocycles. The molecule has 0 unspecified atom stereocenters. The third kappa shape index (κ3) is 3.75. The van der Waals surface area contributed by atoms with E-state index < -0.39 is 16.1 Å². The second-order valence-electron chi connectivity index (χ2n) is 5.89. The number of carbonyl (C=O) groups is 1. The Morgan fingerprint density at radius 2 is 1.88 bits per heavy atom. The van der Waals surface area contributed by atoms with Crippen molar-refractivity contribution in [2.24, 2.45) is 0 Å². The maximum Gasteiger partial charge on any atom is 0.265 e. The van der Waals surface area contributed by atoms with E-state index >= 15 is 0 Å². The lowest BCUT2D eigenvalue weighted by Crippen LogP contribution is -2.36. The van der Waals surface area contributed by atoms with Crippen molar-refractivity contribution in [3.63, 3.8) is 0 Å². The van der Waals surface area contributed by atoms with Crippen LogP contribution in [0.4, 0.5) is 11.4 Å². The third-order valence-electron chi connectivity index (χ3n) is 4.06. The molecule has 7 nitrogen and oxygen atoms in total. The van der Waals surface area contributed by atoms with Crippen molar-refractivity contribution in [3.05, 3.63) is 48.5 Å². The minimum absolute atomic E-state index is 0.153. The Morgan fingerprint density at radius 3 is 2.62 bits per heavy atom. The largest absolute Gasteiger partial charge is 0.495 e. The lowest BCUT2D eigenvalue weighted by atomic mass is 10.2. The number of anilines is 2. The Kier molecular flexibility index (Phi) is 5.03. The molecular formula is C18H20N2O5S. The number of benzene rings is 2. The Labute approximate surface area is 152 Å². The van der Waals surface area contributed by atoms with Gasteiger partial charge in [0.25, 0.3) is 5.91 Å². The quantitative estimate of drug-likeness (QED) is 0.885. The topological polar surface area (TPSA) is 84.9 Å². The van der Waals surface area contributed by atoms with E-state index in [-0.39, 0.29) is 18.9 Å². The van der Waals surface area contributed by atoms with Crippen molar-refractivity contribution in [3.8, 4) is 11.5 Å². The molecule has 3 rings (SSSR count). The van der Waals surface area contributed by atoms with E-state index in [0.717, 1.165) is 6.26 Å². The van der Waals surface area contributed by atoms with Gasteiger partial charge in [-0.25, -0.2) is 8.42 Å². The number of methoxy groups -OCH3 is 1. The van der Waals surface area contributed by atoms with E-state index in [0.29, 0.717) is 22.9 Å². The van der Waals surface area contributed by atoms with Gasteiger partial charge in [-0.1, -0.05) is 24.3 Å². The molecule has 138 valence electrons. The summed E-state index contributed by atoms with van der Waals surface area (Å²) in [7, 11) is -1.96. The first-order valence-electron chi connectivity index (χ1n) is 8.07. The predicted molar refractivity (Wildman–Crippen MR) is 99.3 cm³/mol. The lowest BCUT2D eigenvalue weighted by molar-refractivity contribution is -0.122. The average Bonchev–Trinajstić information content (AvgIpc) is 2.81. The minimum Gasteiger partial charge on any atom is -0.495 e. The summed E-state index contributed by atoms with van der Waals surface area (Å²) in [6.07, 6.45) is 0.537. The van der Waals surface area contributed by atoms with Crippen LogP contribution in [0.15, 0.2) is 48.5 Å². The van der Waals surface area contributed by atoms with Gasteiger partial charge in [0.15, 0.2) is 6.10 Å². The van der Waals surface area contributed by atoms with Gasteiger partial charge in [-0.05, 0) is 24.3 Å². The highest BCUT2D eigenvalue weighted by Crippen LogP contribution is 2.34. The van der Waals surface area contributed by atoms with Crippen LogP contribution in [-0.2, 0) is 14.8 Å². The molecule has 0 radical (unpaired) electrons. The molecule has 0 aromatic heterocycles. The lowest BCUT2D eigenvalue weighted by Gasteiger charge is -2.20. The number of fused-ring (bicyclic) bond motifs is 1. The average molecular weight is 376 g/mol. The van der Waals surface area contributed by atoms with Crippen LogP contribution in [0.25, 0.3) is 0 Å². The Morgan fingerprint density at radius 1 is 1.19 bits per heavy atom. The number of ether oxygens (including phenoxy) is 2. The first kappa shape index (κ1) is 18.1. The highest BCUT2D eigenvalue weighted by atomic mass is 32.2. The van der Waals surface area contributed by atoms with Crippen molar-refractivity contribution in [1.29, 1.82) is 0 Å². The first-order chi connectivity index (χ1) is 12.4. The van der Waals surface area contributed by atoms with Gasteiger partial charge in [0.1, 0.15) is 11.5 Å².